The number of hydrogen-bond acceptors (Lipinski definition) is 5. The van der Waals surface area contributed by atoms with Crippen LogP contribution < -0.4 is 10.1 Å². The molecule has 1 aliphatic rings. The second-order valence-corrected chi connectivity index (χ2v) is 4.72. The van der Waals surface area contributed by atoms with Gasteiger partial charge in [0.05, 0.1) is 7.11 Å². The molecule has 1 aromatic carbocycles. The number of aromatic nitrogens is 2. The maximum absolute atomic E-state index is 5.25. The van der Waals surface area contributed by atoms with E-state index in [9.17, 15) is 0 Å². The third-order valence-corrected chi connectivity index (χ3v) is 3.17. The van der Waals surface area contributed by atoms with Gasteiger partial charge < -0.3 is 14.6 Å². The van der Waals surface area contributed by atoms with E-state index >= 15 is 0 Å². The molecular formula is C14H17N3O2. The van der Waals surface area contributed by atoms with Crippen molar-refractivity contribution in [2.75, 3.05) is 13.7 Å². The Morgan fingerprint density at radius 3 is 2.79 bits per heavy atom. The van der Waals surface area contributed by atoms with Gasteiger partial charge in [-0.1, -0.05) is 5.16 Å². The van der Waals surface area contributed by atoms with Gasteiger partial charge in [0, 0.05) is 24.6 Å². The number of benzene rings is 1. The Morgan fingerprint density at radius 1 is 1.32 bits per heavy atom. The molecule has 0 atom stereocenters. The Bertz CT molecular complexity index is 532. The molecule has 0 spiro atoms. The maximum atomic E-state index is 5.25. The van der Waals surface area contributed by atoms with Crippen molar-refractivity contribution in [3.63, 3.8) is 0 Å². The molecule has 19 heavy (non-hydrogen) atoms. The van der Waals surface area contributed by atoms with Crippen LogP contribution in [0.25, 0.3) is 11.4 Å². The minimum Gasteiger partial charge on any atom is -0.497 e. The van der Waals surface area contributed by atoms with Crippen LogP contribution in [0.4, 0.5) is 0 Å². The first-order valence-corrected chi connectivity index (χ1v) is 6.55. The van der Waals surface area contributed by atoms with Crippen LogP contribution in [0.3, 0.4) is 0 Å². The predicted octanol–water partition coefficient (Wildman–Crippen LogP) is 2.04. The van der Waals surface area contributed by atoms with Crippen LogP contribution in [0.2, 0.25) is 0 Å². The fraction of sp³-hybridized carbons (Fsp3) is 0.429. The Labute approximate surface area is 112 Å². The maximum Gasteiger partial charge on any atom is 0.228 e. The summed E-state index contributed by atoms with van der Waals surface area (Å²) in [4.78, 5) is 4.39. The SMILES string of the molecule is COc1ccc(-c2noc(CCNC3CC3)n2)cc1. The molecule has 1 aliphatic carbocycles. The van der Waals surface area contributed by atoms with Crippen LogP contribution in [0, 0.1) is 0 Å². The van der Waals surface area contributed by atoms with Crippen molar-refractivity contribution < 1.29 is 9.26 Å². The van der Waals surface area contributed by atoms with Gasteiger partial charge in [0.1, 0.15) is 5.75 Å². The molecule has 0 saturated heterocycles. The topological polar surface area (TPSA) is 60.2 Å². The summed E-state index contributed by atoms with van der Waals surface area (Å²) >= 11 is 0. The normalized spacial score (nSPS) is 14.6. The van der Waals surface area contributed by atoms with Gasteiger partial charge in [-0.25, -0.2) is 0 Å². The van der Waals surface area contributed by atoms with Crippen molar-refractivity contribution in [2.24, 2.45) is 0 Å². The average Bonchev–Trinajstić information content (AvgIpc) is 3.15. The van der Waals surface area contributed by atoms with Crippen molar-refractivity contribution >= 4 is 0 Å². The Balaban J connectivity index is 1.61. The highest BCUT2D eigenvalue weighted by Gasteiger charge is 2.20. The number of nitrogens with zero attached hydrogens (tertiary/aromatic N) is 2. The van der Waals surface area contributed by atoms with Gasteiger partial charge in [0.2, 0.25) is 11.7 Å². The molecule has 0 radical (unpaired) electrons. The van der Waals surface area contributed by atoms with E-state index in [1.807, 2.05) is 24.3 Å². The largest absolute Gasteiger partial charge is 0.497 e. The van der Waals surface area contributed by atoms with Crippen molar-refractivity contribution in [1.29, 1.82) is 0 Å². The summed E-state index contributed by atoms with van der Waals surface area (Å²) < 4.78 is 10.4. The van der Waals surface area contributed by atoms with Crippen molar-refractivity contribution in [3.05, 3.63) is 30.2 Å². The molecule has 0 amide bonds. The summed E-state index contributed by atoms with van der Waals surface area (Å²) in [6, 6.07) is 8.34. The van der Waals surface area contributed by atoms with E-state index in [0.29, 0.717) is 17.8 Å². The van der Waals surface area contributed by atoms with Crippen LogP contribution in [0.5, 0.6) is 5.75 Å². The molecule has 1 aromatic heterocycles. The summed E-state index contributed by atoms with van der Waals surface area (Å²) in [6.45, 7) is 0.898. The molecule has 0 aliphatic heterocycles. The Hall–Kier alpha value is -1.88. The number of hydrogen-bond donors (Lipinski definition) is 1. The summed E-state index contributed by atoms with van der Waals surface area (Å²) in [7, 11) is 1.65. The zero-order valence-corrected chi connectivity index (χ0v) is 10.9. The van der Waals surface area contributed by atoms with Crippen LogP contribution in [-0.2, 0) is 6.42 Å². The Kier molecular flexibility index (Phi) is 3.46. The lowest BCUT2D eigenvalue weighted by atomic mass is 10.2. The monoisotopic (exact) mass is 259 g/mol. The molecule has 1 saturated carbocycles. The lowest BCUT2D eigenvalue weighted by Gasteiger charge is -1.99. The first-order valence-electron chi connectivity index (χ1n) is 6.55. The van der Waals surface area contributed by atoms with Crippen LogP contribution in [0.1, 0.15) is 18.7 Å². The average molecular weight is 259 g/mol. The molecule has 1 fully saturated rings. The lowest BCUT2D eigenvalue weighted by molar-refractivity contribution is 0.376. The second kappa shape index (κ2) is 5.40. The Morgan fingerprint density at radius 2 is 2.11 bits per heavy atom. The fourth-order valence-corrected chi connectivity index (χ4v) is 1.88. The van der Waals surface area contributed by atoms with Crippen LogP contribution in [0.15, 0.2) is 28.8 Å². The highest BCUT2D eigenvalue weighted by atomic mass is 16.5. The van der Waals surface area contributed by atoms with Gasteiger partial charge in [0.25, 0.3) is 0 Å². The highest BCUT2D eigenvalue weighted by molar-refractivity contribution is 5.55. The van der Waals surface area contributed by atoms with E-state index in [0.717, 1.165) is 24.3 Å². The van der Waals surface area contributed by atoms with Crippen LogP contribution in [-0.4, -0.2) is 29.8 Å². The van der Waals surface area contributed by atoms with E-state index in [-0.39, 0.29) is 0 Å². The van der Waals surface area contributed by atoms with Gasteiger partial charge >= 0.3 is 0 Å². The number of rotatable bonds is 6. The minimum atomic E-state index is 0.629. The molecule has 3 rings (SSSR count). The second-order valence-electron chi connectivity index (χ2n) is 4.72. The van der Waals surface area contributed by atoms with E-state index in [4.69, 9.17) is 9.26 Å². The van der Waals surface area contributed by atoms with Gasteiger partial charge in [-0.15, -0.1) is 0 Å². The molecular weight excluding hydrogens is 242 g/mol. The summed E-state index contributed by atoms with van der Waals surface area (Å²) in [5.41, 5.74) is 0.936. The first kappa shape index (κ1) is 12.2. The summed E-state index contributed by atoms with van der Waals surface area (Å²) in [5, 5.41) is 7.43. The minimum absolute atomic E-state index is 0.629. The zero-order chi connectivity index (χ0) is 13.1. The fourth-order valence-electron chi connectivity index (χ4n) is 1.88. The molecule has 2 aromatic rings. The molecule has 5 nitrogen and oxygen atoms in total. The van der Waals surface area contributed by atoms with Crippen molar-refractivity contribution in [3.8, 4) is 17.1 Å². The third kappa shape index (κ3) is 3.12. The van der Waals surface area contributed by atoms with Gasteiger partial charge in [-0.3, -0.25) is 0 Å². The molecule has 0 bridgehead atoms. The quantitative estimate of drug-likeness (QED) is 0.860. The van der Waals surface area contributed by atoms with Crippen molar-refractivity contribution in [1.82, 2.24) is 15.5 Å². The standard InChI is InChI=1S/C14H17N3O2/c1-18-12-6-2-10(3-7-12)14-16-13(19-17-14)8-9-15-11-4-5-11/h2-3,6-7,11,15H,4-5,8-9H2,1H3. The van der Waals surface area contributed by atoms with Gasteiger partial charge in [0.15, 0.2) is 0 Å². The summed E-state index contributed by atoms with van der Waals surface area (Å²) in [5.74, 6) is 2.13. The van der Waals surface area contributed by atoms with Crippen LogP contribution >= 0.6 is 0 Å². The first-order chi connectivity index (χ1) is 9.35. The van der Waals surface area contributed by atoms with E-state index in [2.05, 4.69) is 15.5 Å². The van der Waals surface area contributed by atoms with Gasteiger partial charge in [-0.05, 0) is 37.1 Å². The number of methoxy groups -OCH3 is 1. The number of ether oxygens (including phenoxy) is 1. The molecule has 1 N–H and O–H groups in total. The molecule has 100 valence electrons. The van der Waals surface area contributed by atoms with E-state index in [1.165, 1.54) is 12.8 Å². The van der Waals surface area contributed by atoms with Gasteiger partial charge in [-0.2, -0.15) is 4.98 Å². The number of nitrogens with one attached hydrogen (secondary N) is 1. The third-order valence-electron chi connectivity index (χ3n) is 3.17. The zero-order valence-electron chi connectivity index (χ0n) is 10.9. The predicted molar refractivity (Wildman–Crippen MR) is 71.0 cm³/mol. The van der Waals surface area contributed by atoms with E-state index in [1.54, 1.807) is 7.11 Å². The summed E-state index contributed by atoms with van der Waals surface area (Å²) in [6.07, 6.45) is 3.36. The highest BCUT2D eigenvalue weighted by Crippen LogP contribution is 2.20. The van der Waals surface area contributed by atoms with E-state index < -0.39 is 0 Å². The van der Waals surface area contributed by atoms with Crippen molar-refractivity contribution in [2.45, 2.75) is 25.3 Å². The molecule has 0 unspecified atom stereocenters. The molecule has 1 heterocycles. The molecule has 5 heteroatoms. The lowest BCUT2D eigenvalue weighted by Crippen LogP contribution is -2.19. The smallest absolute Gasteiger partial charge is 0.228 e.